The van der Waals surface area contributed by atoms with E-state index in [4.69, 9.17) is 9.84 Å². The summed E-state index contributed by atoms with van der Waals surface area (Å²) < 4.78 is 5.14. The first-order valence-electron chi connectivity index (χ1n) is 7.60. The fourth-order valence-electron chi connectivity index (χ4n) is 2.71. The second-order valence-electron chi connectivity index (χ2n) is 5.56. The van der Waals surface area contributed by atoms with Crippen molar-refractivity contribution in [2.75, 3.05) is 17.3 Å². The summed E-state index contributed by atoms with van der Waals surface area (Å²) in [5.41, 5.74) is 0.929. The highest BCUT2D eigenvalue weighted by molar-refractivity contribution is 6.23. The van der Waals surface area contributed by atoms with Crippen molar-refractivity contribution in [3.63, 3.8) is 0 Å². The van der Waals surface area contributed by atoms with Crippen LogP contribution in [-0.2, 0) is 9.59 Å². The Morgan fingerprint density at radius 2 is 1.96 bits per heavy atom. The molecule has 0 bridgehead atoms. The van der Waals surface area contributed by atoms with E-state index < -0.39 is 17.9 Å². The molecule has 1 aliphatic heterocycles. The Bertz CT molecular complexity index is 849. The van der Waals surface area contributed by atoms with E-state index in [2.05, 4.69) is 5.32 Å². The standard InChI is InChI=1S/C18H16N2O5/c1-25-14-7-3-5-12(9-14)19-15-10-16(21)20(17(15)22)13-6-2-4-11(8-13)18(23)24/h2-9,15,19H,10H2,1H3,(H,23,24). The number of amides is 2. The van der Waals surface area contributed by atoms with Crippen LogP contribution in [0.3, 0.4) is 0 Å². The maximum Gasteiger partial charge on any atom is 0.335 e. The van der Waals surface area contributed by atoms with Gasteiger partial charge in [0.15, 0.2) is 0 Å². The number of anilines is 2. The summed E-state index contributed by atoms with van der Waals surface area (Å²) in [6, 6.07) is 12.1. The van der Waals surface area contributed by atoms with Gasteiger partial charge in [0.1, 0.15) is 11.8 Å². The van der Waals surface area contributed by atoms with Gasteiger partial charge in [0.25, 0.3) is 5.91 Å². The first-order valence-corrected chi connectivity index (χ1v) is 7.60. The average molecular weight is 340 g/mol. The molecule has 2 amide bonds. The molecule has 1 unspecified atom stereocenters. The van der Waals surface area contributed by atoms with Crippen molar-refractivity contribution in [2.45, 2.75) is 12.5 Å². The SMILES string of the molecule is COc1cccc(NC2CC(=O)N(c3cccc(C(=O)O)c3)C2=O)c1. The van der Waals surface area contributed by atoms with Crippen molar-refractivity contribution in [1.82, 2.24) is 0 Å². The van der Waals surface area contributed by atoms with Crippen LogP contribution in [0.15, 0.2) is 48.5 Å². The van der Waals surface area contributed by atoms with Crippen LogP contribution in [-0.4, -0.2) is 36.0 Å². The van der Waals surface area contributed by atoms with Crippen molar-refractivity contribution in [3.05, 3.63) is 54.1 Å². The summed E-state index contributed by atoms with van der Waals surface area (Å²) in [4.78, 5) is 37.0. The first-order chi connectivity index (χ1) is 12.0. The van der Waals surface area contributed by atoms with Crippen LogP contribution in [0.1, 0.15) is 16.8 Å². The molecular formula is C18H16N2O5. The highest BCUT2D eigenvalue weighted by Crippen LogP contribution is 2.26. The Labute approximate surface area is 143 Å². The molecule has 1 aliphatic rings. The van der Waals surface area contributed by atoms with Crippen LogP contribution in [0.25, 0.3) is 0 Å². The van der Waals surface area contributed by atoms with Gasteiger partial charge in [-0.05, 0) is 30.3 Å². The Hall–Kier alpha value is -3.35. The van der Waals surface area contributed by atoms with Gasteiger partial charge in [0.05, 0.1) is 24.8 Å². The monoisotopic (exact) mass is 340 g/mol. The van der Waals surface area contributed by atoms with Crippen molar-refractivity contribution in [2.24, 2.45) is 0 Å². The third kappa shape index (κ3) is 3.30. The van der Waals surface area contributed by atoms with Crippen molar-refractivity contribution < 1.29 is 24.2 Å². The molecule has 2 aromatic carbocycles. The smallest absolute Gasteiger partial charge is 0.335 e. The van der Waals surface area contributed by atoms with E-state index in [1.54, 1.807) is 31.4 Å². The molecule has 1 heterocycles. The zero-order chi connectivity index (χ0) is 18.0. The molecule has 2 N–H and O–H groups in total. The number of imide groups is 1. The van der Waals surface area contributed by atoms with E-state index in [0.717, 1.165) is 4.90 Å². The van der Waals surface area contributed by atoms with E-state index in [-0.39, 0.29) is 23.6 Å². The molecule has 3 rings (SSSR count). The molecule has 1 fully saturated rings. The van der Waals surface area contributed by atoms with Gasteiger partial charge in [0, 0.05) is 11.8 Å². The van der Waals surface area contributed by atoms with E-state index in [1.807, 2.05) is 0 Å². The number of hydrogen-bond acceptors (Lipinski definition) is 5. The van der Waals surface area contributed by atoms with Crippen LogP contribution >= 0.6 is 0 Å². The van der Waals surface area contributed by atoms with E-state index in [0.29, 0.717) is 11.4 Å². The Morgan fingerprint density at radius 3 is 2.68 bits per heavy atom. The molecule has 0 saturated carbocycles. The van der Waals surface area contributed by atoms with Gasteiger partial charge in [-0.2, -0.15) is 0 Å². The fourth-order valence-corrected chi connectivity index (χ4v) is 2.71. The lowest BCUT2D eigenvalue weighted by atomic mass is 10.2. The van der Waals surface area contributed by atoms with Gasteiger partial charge in [-0.1, -0.05) is 12.1 Å². The highest BCUT2D eigenvalue weighted by atomic mass is 16.5. The molecule has 25 heavy (non-hydrogen) atoms. The molecule has 0 aromatic heterocycles. The highest BCUT2D eigenvalue weighted by Gasteiger charge is 2.39. The number of carboxylic acid groups (broad SMARTS) is 1. The van der Waals surface area contributed by atoms with Gasteiger partial charge < -0.3 is 15.2 Å². The normalized spacial score (nSPS) is 16.8. The zero-order valence-electron chi connectivity index (χ0n) is 13.4. The van der Waals surface area contributed by atoms with E-state index in [9.17, 15) is 14.4 Å². The maximum absolute atomic E-state index is 12.6. The fraction of sp³-hybridized carbons (Fsp3) is 0.167. The third-order valence-corrected chi connectivity index (χ3v) is 3.91. The van der Waals surface area contributed by atoms with Gasteiger partial charge >= 0.3 is 5.97 Å². The summed E-state index contributed by atoms with van der Waals surface area (Å²) in [5, 5.41) is 12.1. The number of carbonyl (C=O) groups excluding carboxylic acids is 2. The number of methoxy groups -OCH3 is 1. The minimum absolute atomic E-state index is 0.00661. The second kappa shape index (κ2) is 6.64. The number of hydrogen-bond donors (Lipinski definition) is 2. The van der Waals surface area contributed by atoms with Crippen molar-refractivity contribution in [3.8, 4) is 5.75 Å². The van der Waals surface area contributed by atoms with E-state index in [1.165, 1.54) is 24.3 Å². The minimum Gasteiger partial charge on any atom is -0.497 e. The first kappa shape index (κ1) is 16.5. The number of ether oxygens (including phenoxy) is 1. The molecule has 1 atom stereocenters. The third-order valence-electron chi connectivity index (χ3n) is 3.91. The molecule has 0 radical (unpaired) electrons. The summed E-state index contributed by atoms with van der Waals surface area (Å²) >= 11 is 0. The summed E-state index contributed by atoms with van der Waals surface area (Å²) in [6.45, 7) is 0. The Morgan fingerprint density at radius 1 is 1.20 bits per heavy atom. The van der Waals surface area contributed by atoms with Gasteiger partial charge in [-0.15, -0.1) is 0 Å². The molecule has 0 spiro atoms. The minimum atomic E-state index is -1.12. The lowest BCUT2D eigenvalue weighted by Crippen LogP contribution is -2.34. The van der Waals surface area contributed by atoms with Crippen LogP contribution in [0, 0.1) is 0 Å². The quantitative estimate of drug-likeness (QED) is 0.810. The Kier molecular flexibility index (Phi) is 4.38. The summed E-state index contributed by atoms with van der Waals surface area (Å²) in [5.74, 6) is -1.29. The lowest BCUT2D eigenvalue weighted by Gasteiger charge is -2.16. The number of aromatic carboxylic acids is 1. The van der Waals surface area contributed by atoms with Crippen molar-refractivity contribution in [1.29, 1.82) is 0 Å². The zero-order valence-corrected chi connectivity index (χ0v) is 13.4. The van der Waals surface area contributed by atoms with E-state index >= 15 is 0 Å². The second-order valence-corrected chi connectivity index (χ2v) is 5.56. The number of benzene rings is 2. The van der Waals surface area contributed by atoms with Gasteiger partial charge in [-0.25, -0.2) is 9.69 Å². The molecule has 0 aliphatic carbocycles. The number of rotatable bonds is 5. The van der Waals surface area contributed by atoms with Gasteiger partial charge in [0.2, 0.25) is 5.91 Å². The molecule has 2 aromatic rings. The largest absolute Gasteiger partial charge is 0.497 e. The topological polar surface area (TPSA) is 95.9 Å². The number of nitrogens with zero attached hydrogens (tertiary/aromatic N) is 1. The number of carbonyl (C=O) groups is 3. The van der Waals surface area contributed by atoms with Crippen LogP contribution < -0.4 is 15.0 Å². The molecule has 1 saturated heterocycles. The van der Waals surface area contributed by atoms with Crippen molar-refractivity contribution >= 4 is 29.2 Å². The van der Waals surface area contributed by atoms with Crippen LogP contribution in [0.4, 0.5) is 11.4 Å². The van der Waals surface area contributed by atoms with Crippen LogP contribution in [0.2, 0.25) is 0 Å². The molecule has 7 nitrogen and oxygen atoms in total. The Balaban J connectivity index is 1.82. The predicted molar refractivity (Wildman–Crippen MR) is 90.9 cm³/mol. The summed E-state index contributed by atoms with van der Waals surface area (Å²) in [7, 11) is 1.54. The molecular weight excluding hydrogens is 324 g/mol. The lowest BCUT2D eigenvalue weighted by molar-refractivity contribution is -0.121. The molecule has 7 heteroatoms. The maximum atomic E-state index is 12.6. The number of nitrogens with one attached hydrogen (secondary N) is 1. The number of carboxylic acids is 1. The average Bonchev–Trinajstić information content (AvgIpc) is 2.88. The van der Waals surface area contributed by atoms with Gasteiger partial charge in [-0.3, -0.25) is 9.59 Å². The summed E-state index contributed by atoms with van der Waals surface area (Å²) in [6.07, 6.45) is -0.00661. The van der Waals surface area contributed by atoms with Crippen LogP contribution in [0.5, 0.6) is 5.75 Å². The molecule has 128 valence electrons. The predicted octanol–water partition coefficient (Wildman–Crippen LogP) is 2.14.